The van der Waals surface area contributed by atoms with Crippen molar-refractivity contribution in [3.05, 3.63) is 52.0 Å². The van der Waals surface area contributed by atoms with Crippen LogP contribution in [0, 0.1) is 0 Å². The predicted octanol–water partition coefficient (Wildman–Crippen LogP) is 1.98. The van der Waals surface area contributed by atoms with Crippen LogP contribution >= 0.6 is 11.3 Å². The largest absolute Gasteiger partial charge is 0.381 e. The average molecular weight is 319 g/mol. The van der Waals surface area contributed by atoms with E-state index in [-0.39, 0.29) is 5.91 Å². The van der Waals surface area contributed by atoms with Crippen LogP contribution in [0.15, 0.2) is 35.7 Å². The van der Waals surface area contributed by atoms with E-state index >= 15 is 0 Å². The molecule has 0 aliphatic carbocycles. The molecule has 0 unspecified atom stereocenters. The van der Waals surface area contributed by atoms with Crippen molar-refractivity contribution < 1.29 is 9.53 Å². The molecule has 0 aliphatic rings. The van der Waals surface area contributed by atoms with Crippen molar-refractivity contribution in [3.8, 4) is 0 Å². The Bertz CT molecular complexity index is 572. The fourth-order valence-electron chi connectivity index (χ4n) is 1.91. The quantitative estimate of drug-likeness (QED) is 0.693. The first-order chi connectivity index (χ1) is 10.8. The van der Waals surface area contributed by atoms with E-state index in [1.807, 2.05) is 18.2 Å². The molecule has 0 fully saturated rings. The topological polar surface area (TPSA) is 77.2 Å². The number of hydrogen-bond donors (Lipinski definition) is 2. The van der Waals surface area contributed by atoms with Gasteiger partial charge in [-0.25, -0.2) is 4.98 Å². The Hall–Kier alpha value is -1.76. The lowest BCUT2D eigenvalue weighted by Crippen LogP contribution is -2.25. The zero-order valence-electron chi connectivity index (χ0n) is 12.5. The fourth-order valence-corrected chi connectivity index (χ4v) is 2.57. The summed E-state index contributed by atoms with van der Waals surface area (Å²) in [5.74, 6) is -0.153. The SMILES string of the molecule is NCc1nc(C(=O)NCCCOCCc2ccccc2)cs1. The number of nitrogens with zero attached hydrogens (tertiary/aromatic N) is 1. The van der Waals surface area contributed by atoms with Gasteiger partial charge in [-0.1, -0.05) is 30.3 Å². The highest BCUT2D eigenvalue weighted by molar-refractivity contribution is 7.09. The summed E-state index contributed by atoms with van der Waals surface area (Å²) in [5.41, 5.74) is 7.19. The number of nitrogens with two attached hydrogens (primary N) is 1. The van der Waals surface area contributed by atoms with Gasteiger partial charge < -0.3 is 15.8 Å². The lowest BCUT2D eigenvalue weighted by atomic mass is 10.2. The summed E-state index contributed by atoms with van der Waals surface area (Å²) in [6.07, 6.45) is 1.70. The van der Waals surface area contributed by atoms with Gasteiger partial charge >= 0.3 is 0 Å². The third kappa shape index (κ3) is 5.55. The third-order valence-electron chi connectivity index (χ3n) is 3.09. The predicted molar refractivity (Wildman–Crippen MR) is 87.9 cm³/mol. The van der Waals surface area contributed by atoms with Crippen LogP contribution in [0.4, 0.5) is 0 Å². The maximum absolute atomic E-state index is 11.8. The molecule has 2 rings (SSSR count). The Kier molecular flexibility index (Phi) is 7.02. The van der Waals surface area contributed by atoms with Crippen molar-refractivity contribution in [3.63, 3.8) is 0 Å². The van der Waals surface area contributed by atoms with Crippen LogP contribution in [-0.2, 0) is 17.7 Å². The highest BCUT2D eigenvalue weighted by Gasteiger charge is 2.08. The molecule has 6 heteroatoms. The third-order valence-corrected chi connectivity index (χ3v) is 3.96. The molecule has 1 amide bonds. The lowest BCUT2D eigenvalue weighted by molar-refractivity contribution is 0.0937. The molecule has 1 heterocycles. The van der Waals surface area contributed by atoms with Gasteiger partial charge in [0.2, 0.25) is 0 Å². The number of rotatable bonds is 9. The molecular weight excluding hydrogens is 298 g/mol. The normalized spacial score (nSPS) is 10.6. The molecule has 3 N–H and O–H groups in total. The van der Waals surface area contributed by atoms with Crippen molar-refractivity contribution in [2.45, 2.75) is 19.4 Å². The van der Waals surface area contributed by atoms with E-state index in [2.05, 4.69) is 22.4 Å². The number of amides is 1. The first-order valence-corrected chi connectivity index (χ1v) is 8.22. The minimum absolute atomic E-state index is 0.153. The lowest BCUT2D eigenvalue weighted by Gasteiger charge is -2.05. The number of nitrogens with one attached hydrogen (secondary N) is 1. The van der Waals surface area contributed by atoms with Crippen molar-refractivity contribution in [2.24, 2.45) is 5.73 Å². The van der Waals surface area contributed by atoms with Crippen LogP contribution < -0.4 is 11.1 Å². The highest BCUT2D eigenvalue weighted by atomic mass is 32.1. The van der Waals surface area contributed by atoms with Gasteiger partial charge in [-0.05, 0) is 18.4 Å². The first kappa shape index (κ1) is 16.6. The molecule has 0 atom stereocenters. The van der Waals surface area contributed by atoms with E-state index in [1.54, 1.807) is 5.38 Å². The van der Waals surface area contributed by atoms with Gasteiger partial charge in [0.25, 0.3) is 5.91 Å². The second kappa shape index (κ2) is 9.30. The number of thiazole rings is 1. The van der Waals surface area contributed by atoms with Crippen molar-refractivity contribution in [2.75, 3.05) is 19.8 Å². The van der Waals surface area contributed by atoms with E-state index in [9.17, 15) is 4.79 Å². The molecule has 0 saturated carbocycles. The summed E-state index contributed by atoms with van der Waals surface area (Å²) in [4.78, 5) is 15.9. The van der Waals surface area contributed by atoms with E-state index in [0.717, 1.165) is 17.8 Å². The van der Waals surface area contributed by atoms with Gasteiger partial charge in [0.05, 0.1) is 6.61 Å². The standard InChI is InChI=1S/C16H21N3O2S/c17-11-15-19-14(12-22-15)16(20)18-8-4-9-21-10-7-13-5-2-1-3-6-13/h1-3,5-6,12H,4,7-11,17H2,(H,18,20). The fraction of sp³-hybridized carbons (Fsp3) is 0.375. The van der Waals surface area contributed by atoms with Crippen molar-refractivity contribution in [1.29, 1.82) is 0 Å². The Labute approximate surface area is 134 Å². The molecule has 0 aliphatic heterocycles. The molecule has 5 nitrogen and oxygen atoms in total. The van der Waals surface area contributed by atoms with Gasteiger partial charge in [0.1, 0.15) is 10.7 Å². The van der Waals surface area contributed by atoms with Crippen LogP contribution in [0.2, 0.25) is 0 Å². The highest BCUT2D eigenvalue weighted by Crippen LogP contribution is 2.08. The molecule has 0 radical (unpaired) electrons. The number of aromatic nitrogens is 1. The molecule has 1 aromatic heterocycles. The average Bonchev–Trinajstić information content (AvgIpc) is 3.04. The van der Waals surface area contributed by atoms with Crippen LogP contribution in [0.1, 0.15) is 27.5 Å². The van der Waals surface area contributed by atoms with Gasteiger partial charge in [0.15, 0.2) is 0 Å². The van der Waals surface area contributed by atoms with E-state index in [1.165, 1.54) is 16.9 Å². The minimum atomic E-state index is -0.153. The van der Waals surface area contributed by atoms with E-state index in [0.29, 0.717) is 32.0 Å². The van der Waals surface area contributed by atoms with E-state index < -0.39 is 0 Å². The summed E-state index contributed by atoms with van der Waals surface area (Å²) < 4.78 is 5.57. The van der Waals surface area contributed by atoms with Crippen molar-refractivity contribution >= 4 is 17.2 Å². The Morgan fingerprint density at radius 2 is 2.09 bits per heavy atom. The summed E-state index contributed by atoms with van der Waals surface area (Å²) in [6.45, 7) is 2.29. The van der Waals surface area contributed by atoms with Gasteiger partial charge in [0, 0.05) is 25.1 Å². The molecule has 0 spiro atoms. The van der Waals surface area contributed by atoms with Gasteiger partial charge in [-0.3, -0.25) is 4.79 Å². The monoisotopic (exact) mass is 319 g/mol. The van der Waals surface area contributed by atoms with Crippen molar-refractivity contribution in [1.82, 2.24) is 10.3 Å². The summed E-state index contributed by atoms with van der Waals surface area (Å²) in [6, 6.07) is 10.2. The van der Waals surface area contributed by atoms with Crippen LogP contribution in [0.25, 0.3) is 0 Å². The summed E-state index contributed by atoms with van der Waals surface area (Å²) in [5, 5.41) is 5.33. The second-order valence-electron chi connectivity index (χ2n) is 4.79. The molecule has 22 heavy (non-hydrogen) atoms. The number of carbonyl (C=O) groups excluding carboxylic acids is 1. The zero-order valence-corrected chi connectivity index (χ0v) is 13.3. The maximum atomic E-state index is 11.8. The Balaban J connectivity index is 1.53. The maximum Gasteiger partial charge on any atom is 0.270 e. The second-order valence-corrected chi connectivity index (χ2v) is 5.73. The number of benzene rings is 1. The van der Waals surface area contributed by atoms with Crippen LogP contribution in [-0.4, -0.2) is 30.6 Å². The van der Waals surface area contributed by atoms with Crippen LogP contribution in [0.5, 0.6) is 0 Å². The van der Waals surface area contributed by atoms with Gasteiger partial charge in [-0.15, -0.1) is 11.3 Å². The molecule has 118 valence electrons. The zero-order chi connectivity index (χ0) is 15.6. The molecule has 0 bridgehead atoms. The first-order valence-electron chi connectivity index (χ1n) is 7.34. The smallest absolute Gasteiger partial charge is 0.270 e. The van der Waals surface area contributed by atoms with E-state index in [4.69, 9.17) is 10.5 Å². The number of carbonyl (C=O) groups is 1. The minimum Gasteiger partial charge on any atom is -0.381 e. The van der Waals surface area contributed by atoms with Crippen LogP contribution in [0.3, 0.4) is 0 Å². The molecular formula is C16H21N3O2S. The molecule has 1 aromatic carbocycles. The summed E-state index contributed by atoms with van der Waals surface area (Å²) in [7, 11) is 0. The Morgan fingerprint density at radius 3 is 2.82 bits per heavy atom. The number of ether oxygens (including phenoxy) is 1. The number of hydrogen-bond acceptors (Lipinski definition) is 5. The molecule has 2 aromatic rings. The summed E-state index contributed by atoms with van der Waals surface area (Å²) >= 11 is 1.40. The molecule has 0 saturated heterocycles. The van der Waals surface area contributed by atoms with Gasteiger partial charge in [-0.2, -0.15) is 0 Å². The Morgan fingerprint density at radius 1 is 1.27 bits per heavy atom.